The van der Waals surface area contributed by atoms with Crippen molar-refractivity contribution in [3.8, 4) is 0 Å². The highest BCUT2D eigenvalue weighted by Gasteiger charge is 2.29. The Morgan fingerprint density at radius 2 is 2.04 bits per heavy atom. The van der Waals surface area contributed by atoms with E-state index in [1.807, 2.05) is 0 Å². The summed E-state index contributed by atoms with van der Waals surface area (Å²) >= 11 is 0. The van der Waals surface area contributed by atoms with Crippen molar-refractivity contribution < 1.29 is 29.8 Å². The third-order valence-corrected chi connectivity index (χ3v) is 3.85. The highest BCUT2D eigenvalue weighted by molar-refractivity contribution is 5.93. The van der Waals surface area contributed by atoms with Crippen molar-refractivity contribution >= 4 is 23.3 Å². The van der Waals surface area contributed by atoms with Crippen LogP contribution in [0, 0.1) is 10.1 Å². The van der Waals surface area contributed by atoms with E-state index in [0.29, 0.717) is 13.1 Å². The standard InChI is InChI=1S/C14H18N4O5/c19-13(16-10-2-1-3-11(8-10)18(22)23)9-12(14(20)21)17-6-4-15-5-7-17/h1-3,8,12,15H,4-7,9H2,(H,16,19)(H,20,21)/p+1/t12-/m0/s1. The molecule has 0 radical (unpaired) electrons. The average molecular weight is 323 g/mol. The second-order valence-corrected chi connectivity index (χ2v) is 5.46. The van der Waals surface area contributed by atoms with E-state index in [4.69, 9.17) is 0 Å². The predicted octanol–water partition coefficient (Wildman–Crippen LogP) is -3.50. The van der Waals surface area contributed by atoms with Crippen molar-refractivity contribution in [3.63, 3.8) is 0 Å². The first kappa shape index (κ1) is 16.8. The summed E-state index contributed by atoms with van der Waals surface area (Å²) in [7, 11) is 0. The van der Waals surface area contributed by atoms with E-state index in [-0.39, 0.29) is 17.8 Å². The summed E-state index contributed by atoms with van der Waals surface area (Å²) in [5, 5.41) is 26.6. The van der Waals surface area contributed by atoms with Crippen LogP contribution in [0.5, 0.6) is 0 Å². The van der Waals surface area contributed by atoms with Crippen molar-refractivity contribution in [1.82, 2.24) is 0 Å². The zero-order valence-corrected chi connectivity index (χ0v) is 12.5. The molecule has 23 heavy (non-hydrogen) atoms. The molecular formula is C14H19N4O5+. The Hall–Kier alpha value is -2.52. The van der Waals surface area contributed by atoms with Gasteiger partial charge in [0.1, 0.15) is 32.2 Å². The third kappa shape index (κ3) is 4.73. The summed E-state index contributed by atoms with van der Waals surface area (Å²) < 4.78 is 0. The highest BCUT2D eigenvalue weighted by atomic mass is 16.6. The van der Waals surface area contributed by atoms with Crippen LogP contribution in [-0.2, 0) is 9.59 Å². The van der Waals surface area contributed by atoms with E-state index in [2.05, 4.69) is 10.6 Å². The number of piperazine rings is 1. The van der Waals surface area contributed by atoms with Crippen LogP contribution in [0.4, 0.5) is 11.4 Å². The summed E-state index contributed by atoms with van der Waals surface area (Å²) in [6.07, 6.45) is -0.222. The van der Waals surface area contributed by atoms with Gasteiger partial charge in [0.25, 0.3) is 5.69 Å². The molecule has 0 saturated carbocycles. The number of carboxylic acids is 1. The molecule has 1 saturated heterocycles. The van der Waals surface area contributed by atoms with Gasteiger partial charge in [-0.25, -0.2) is 0 Å². The van der Waals surface area contributed by atoms with Gasteiger partial charge in [0, 0.05) is 17.8 Å². The number of nitrogens with two attached hydrogens (primary N) is 1. The molecule has 0 aliphatic carbocycles. The van der Waals surface area contributed by atoms with Crippen molar-refractivity contribution in [1.29, 1.82) is 0 Å². The van der Waals surface area contributed by atoms with Gasteiger partial charge in [0.2, 0.25) is 5.91 Å². The molecule has 0 aromatic heterocycles. The van der Waals surface area contributed by atoms with Crippen molar-refractivity contribution in [2.75, 3.05) is 31.5 Å². The molecule has 4 N–H and O–H groups in total. The Labute approximate surface area is 132 Å². The number of anilines is 1. The van der Waals surface area contributed by atoms with Gasteiger partial charge >= 0.3 is 0 Å². The number of carbonyl (C=O) groups is 2. The molecule has 1 heterocycles. The van der Waals surface area contributed by atoms with Crippen LogP contribution in [0.25, 0.3) is 0 Å². The first-order valence-electron chi connectivity index (χ1n) is 7.39. The number of quaternary nitrogens is 2. The van der Waals surface area contributed by atoms with Crippen molar-refractivity contribution in [2.45, 2.75) is 12.5 Å². The molecule has 9 nitrogen and oxygen atoms in total. The summed E-state index contributed by atoms with van der Waals surface area (Å²) in [5.74, 6) is -1.75. The molecule has 1 aliphatic rings. The highest BCUT2D eigenvalue weighted by Crippen LogP contribution is 2.17. The van der Waals surface area contributed by atoms with E-state index < -0.39 is 22.8 Å². The molecule has 0 spiro atoms. The summed E-state index contributed by atoms with van der Waals surface area (Å²) in [5.41, 5.74) is 0.125. The van der Waals surface area contributed by atoms with E-state index in [1.165, 1.54) is 24.3 Å². The van der Waals surface area contributed by atoms with Gasteiger partial charge < -0.3 is 25.4 Å². The van der Waals surface area contributed by atoms with Crippen LogP contribution in [0.2, 0.25) is 0 Å². The summed E-state index contributed by atoms with van der Waals surface area (Å²) in [4.78, 5) is 34.3. The Kier molecular flexibility index (Phi) is 5.61. The molecule has 1 aliphatic heterocycles. The van der Waals surface area contributed by atoms with Crippen LogP contribution in [0.3, 0.4) is 0 Å². The Bertz CT molecular complexity index is 601. The summed E-state index contributed by atoms with van der Waals surface area (Å²) in [6.45, 7) is 2.93. The van der Waals surface area contributed by atoms with Crippen LogP contribution in [0.1, 0.15) is 6.42 Å². The van der Waals surface area contributed by atoms with Crippen LogP contribution < -0.4 is 20.6 Å². The summed E-state index contributed by atoms with van der Waals surface area (Å²) in [6, 6.07) is 4.60. The maximum atomic E-state index is 12.1. The number of nitro benzene ring substituents is 1. The SMILES string of the molecule is O=C(C[C@@H](C(=O)[O-])[NH+]1CC[NH2+]CC1)Nc1cccc([N+](=O)[O-])c1. The fourth-order valence-electron chi connectivity index (χ4n) is 2.68. The normalized spacial score (nSPS) is 16.5. The lowest BCUT2D eigenvalue weighted by atomic mass is 10.1. The number of hydrogen-bond donors (Lipinski definition) is 3. The van der Waals surface area contributed by atoms with Crippen molar-refractivity contribution in [3.05, 3.63) is 34.4 Å². The lowest BCUT2D eigenvalue weighted by Gasteiger charge is -2.30. The number of hydrogen-bond acceptors (Lipinski definition) is 5. The molecule has 9 heteroatoms. The largest absolute Gasteiger partial charge is 0.544 e. The molecule has 1 amide bonds. The average Bonchev–Trinajstić information content (AvgIpc) is 2.53. The van der Waals surface area contributed by atoms with Crippen LogP contribution in [0.15, 0.2) is 24.3 Å². The van der Waals surface area contributed by atoms with Gasteiger partial charge in [-0.2, -0.15) is 0 Å². The van der Waals surface area contributed by atoms with E-state index in [0.717, 1.165) is 18.0 Å². The first-order valence-corrected chi connectivity index (χ1v) is 7.39. The maximum absolute atomic E-state index is 12.1. The number of amides is 1. The smallest absolute Gasteiger partial charge is 0.271 e. The number of nitrogens with one attached hydrogen (secondary N) is 2. The molecular weight excluding hydrogens is 304 g/mol. The number of aliphatic carboxylic acids is 1. The van der Waals surface area contributed by atoms with E-state index in [1.54, 1.807) is 0 Å². The number of nitro groups is 1. The number of non-ortho nitro benzene ring substituents is 1. The zero-order chi connectivity index (χ0) is 16.8. The Balaban J connectivity index is 2.00. The van der Waals surface area contributed by atoms with Gasteiger partial charge in [-0.05, 0) is 6.07 Å². The Morgan fingerprint density at radius 1 is 1.35 bits per heavy atom. The first-order chi connectivity index (χ1) is 11.0. The lowest BCUT2D eigenvalue weighted by Crippen LogP contribution is -3.24. The number of nitrogens with zero attached hydrogens (tertiary/aromatic N) is 1. The fraction of sp³-hybridized carbons (Fsp3) is 0.429. The van der Waals surface area contributed by atoms with Gasteiger partial charge in [-0.15, -0.1) is 0 Å². The number of carbonyl (C=O) groups excluding carboxylic acids is 2. The number of rotatable bonds is 6. The molecule has 124 valence electrons. The molecule has 0 bridgehead atoms. The van der Waals surface area contributed by atoms with Crippen molar-refractivity contribution in [2.24, 2.45) is 0 Å². The molecule has 1 atom stereocenters. The molecule has 1 aromatic carbocycles. The maximum Gasteiger partial charge on any atom is 0.271 e. The minimum absolute atomic E-state index is 0.142. The number of carboxylic acid groups (broad SMARTS) is 1. The van der Waals surface area contributed by atoms with E-state index in [9.17, 15) is 24.8 Å². The lowest BCUT2D eigenvalue weighted by molar-refractivity contribution is -0.961. The number of benzene rings is 1. The van der Waals surface area contributed by atoms with Gasteiger partial charge in [-0.3, -0.25) is 14.9 Å². The second-order valence-electron chi connectivity index (χ2n) is 5.46. The van der Waals surface area contributed by atoms with Gasteiger partial charge in [-0.1, -0.05) is 6.07 Å². The predicted molar refractivity (Wildman–Crippen MR) is 77.5 cm³/mol. The Morgan fingerprint density at radius 3 is 2.65 bits per heavy atom. The minimum Gasteiger partial charge on any atom is -0.544 e. The second kappa shape index (κ2) is 7.65. The van der Waals surface area contributed by atoms with Crippen LogP contribution in [-0.4, -0.2) is 49.0 Å². The zero-order valence-electron chi connectivity index (χ0n) is 12.5. The van der Waals surface area contributed by atoms with Crippen LogP contribution >= 0.6 is 0 Å². The topological polar surface area (TPSA) is 133 Å². The molecule has 0 unspecified atom stereocenters. The minimum atomic E-state index is -1.25. The molecule has 2 rings (SSSR count). The molecule has 1 fully saturated rings. The van der Waals surface area contributed by atoms with E-state index >= 15 is 0 Å². The van der Waals surface area contributed by atoms with Gasteiger partial charge in [0.15, 0.2) is 0 Å². The fourth-order valence-corrected chi connectivity index (χ4v) is 2.68. The third-order valence-electron chi connectivity index (χ3n) is 3.85. The quantitative estimate of drug-likeness (QED) is 0.369. The van der Waals surface area contributed by atoms with Gasteiger partial charge in [0.05, 0.1) is 17.3 Å². The monoisotopic (exact) mass is 323 g/mol. The molecule has 1 aromatic rings.